The van der Waals surface area contributed by atoms with Gasteiger partial charge in [-0.3, -0.25) is 4.90 Å². The Morgan fingerprint density at radius 2 is 2.17 bits per heavy atom. The van der Waals surface area contributed by atoms with Crippen molar-refractivity contribution in [2.75, 3.05) is 19.7 Å². The molecule has 1 aliphatic rings. The van der Waals surface area contributed by atoms with Crippen molar-refractivity contribution in [2.45, 2.75) is 19.6 Å². The molecule has 2 heterocycles. The van der Waals surface area contributed by atoms with Crippen molar-refractivity contribution in [3.8, 4) is 11.5 Å². The number of fused-ring (bicyclic) bond motifs is 1. The summed E-state index contributed by atoms with van der Waals surface area (Å²) in [6, 6.07) is 7.60. The van der Waals surface area contributed by atoms with Crippen LogP contribution in [0.5, 0.6) is 11.5 Å². The Morgan fingerprint density at radius 1 is 1.42 bits per heavy atom. The number of nitrogens with zero attached hydrogens (tertiary/aromatic N) is 4. The van der Waals surface area contributed by atoms with E-state index in [2.05, 4.69) is 9.88 Å². The normalized spacial score (nSPS) is 16.4. The van der Waals surface area contributed by atoms with Crippen LogP contribution in [-0.2, 0) is 13.6 Å². The largest absolute Gasteiger partial charge is 0.486 e. The van der Waals surface area contributed by atoms with Gasteiger partial charge in [-0.25, -0.2) is 9.55 Å². The quantitative estimate of drug-likeness (QED) is 0.594. The summed E-state index contributed by atoms with van der Waals surface area (Å²) in [6.07, 6.45) is 1.20. The number of para-hydroxylation sites is 2. The number of hydrogen-bond acceptors (Lipinski definition) is 6. The summed E-state index contributed by atoms with van der Waals surface area (Å²) >= 11 is 0. The summed E-state index contributed by atoms with van der Waals surface area (Å²) in [4.78, 5) is 16.8. The smallest absolute Gasteiger partial charge is 0.342 e. The highest BCUT2D eigenvalue weighted by Crippen LogP contribution is 2.31. The first-order valence-electron chi connectivity index (χ1n) is 7.84. The van der Waals surface area contributed by atoms with E-state index in [-0.39, 0.29) is 11.9 Å². The van der Waals surface area contributed by atoms with E-state index in [1.54, 1.807) is 7.05 Å². The molecule has 8 heteroatoms. The van der Waals surface area contributed by atoms with Crippen LogP contribution in [0.25, 0.3) is 0 Å². The van der Waals surface area contributed by atoms with Gasteiger partial charge in [-0.2, -0.15) is 0 Å². The minimum absolute atomic E-state index is 0.00719. The van der Waals surface area contributed by atoms with E-state index in [1.807, 2.05) is 31.2 Å². The third kappa shape index (κ3) is 3.33. The zero-order valence-electron chi connectivity index (χ0n) is 13.7. The lowest BCUT2D eigenvalue weighted by Gasteiger charge is -2.30. The maximum absolute atomic E-state index is 10.9. The topological polar surface area (TPSA) is 82.7 Å². The van der Waals surface area contributed by atoms with Crippen LogP contribution in [0.15, 0.2) is 30.5 Å². The number of nitro groups is 1. The highest BCUT2D eigenvalue weighted by molar-refractivity contribution is 5.40. The number of aromatic nitrogens is 2. The second-order valence-electron chi connectivity index (χ2n) is 5.67. The zero-order valence-corrected chi connectivity index (χ0v) is 13.7. The number of imidazole rings is 1. The molecule has 0 N–H and O–H groups in total. The van der Waals surface area contributed by atoms with Crippen LogP contribution in [0.3, 0.4) is 0 Å². The fourth-order valence-corrected chi connectivity index (χ4v) is 2.70. The standard InChI is InChI=1S/C16H20N4O4/c1-3-19(10-15-17-8-16(18(15)2)20(21)22)9-12-11-23-13-6-4-5-7-14(13)24-12/h4-8,12H,3,9-11H2,1-2H3/t12-/m1/s1. The van der Waals surface area contributed by atoms with Gasteiger partial charge in [0.05, 0.1) is 13.6 Å². The highest BCUT2D eigenvalue weighted by atomic mass is 16.6. The molecule has 3 rings (SSSR count). The number of likely N-dealkylation sites (N-methyl/N-ethyl adjacent to an activating group) is 1. The summed E-state index contributed by atoms with van der Waals surface area (Å²) in [5, 5.41) is 10.9. The summed E-state index contributed by atoms with van der Waals surface area (Å²) < 4.78 is 13.2. The van der Waals surface area contributed by atoms with Gasteiger partial charge in [0.15, 0.2) is 11.5 Å². The average molecular weight is 332 g/mol. The molecule has 8 nitrogen and oxygen atoms in total. The molecule has 0 saturated carbocycles. The van der Waals surface area contributed by atoms with Crippen LogP contribution >= 0.6 is 0 Å². The molecule has 0 fully saturated rings. The zero-order chi connectivity index (χ0) is 17.1. The second-order valence-corrected chi connectivity index (χ2v) is 5.67. The van der Waals surface area contributed by atoms with Gasteiger partial charge in [-0.15, -0.1) is 0 Å². The predicted molar refractivity (Wildman–Crippen MR) is 87.2 cm³/mol. The lowest BCUT2D eigenvalue weighted by Crippen LogP contribution is -2.41. The number of ether oxygens (including phenoxy) is 2. The van der Waals surface area contributed by atoms with Crippen LogP contribution in [0.2, 0.25) is 0 Å². The Morgan fingerprint density at radius 3 is 2.83 bits per heavy atom. The molecule has 0 unspecified atom stereocenters. The average Bonchev–Trinajstić information content (AvgIpc) is 2.95. The molecular weight excluding hydrogens is 312 g/mol. The van der Waals surface area contributed by atoms with Gasteiger partial charge in [0.25, 0.3) is 0 Å². The van der Waals surface area contributed by atoms with E-state index in [0.717, 1.165) is 18.0 Å². The van der Waals surface area contributed by atoms with Crippen molar-refractivity contribution < 1.29 is 14.4 Å². The molecule has 0 spiro atoms. The molecule has 1 aromatic heterocycles. The van der Waals surface area contributed by atoms with E-state index in [0.29, 0.717) is 25.5 Å². The molecule has 0 aliphatic carbocycles. The van der Waals surface area contributed by atoms with Crippen LogP contribution in [0, 0.1) is 10.1 Å². The molecule has 1 atom stereocenters. The minimum atomic E-state index is -0.429. The van der Waals surface area contributed by atoms with Crippen molar-refractivity contribution in [3.05, 3.63) is 46.4 Å². The number of hydrogen-bond donors (Lipinski definition) is 0. The fourth-order valence-electron chi connectivity index (χ4n) is 2.70. The van der Waals surface area contributed by atoms with Crippen LogP contribution in [0.4, 0.5) is 5.82 Å². The molecule has 128 valence electrons. The summed E-state index contributed by atoms with van der Waals surface area (Å²) in [5.41, 5.74) is 0. The minimum Gasteiger partial charge on any atom is -0.486 e. The van der Waals surface area contributed by atoms with E-state index in [4.69, 9.17) is 9.47 Å². The predicted octanol–water partition coefficient (Wildman–Crippen LogP) is 1.99. The number of rotatable bonds is 6. The third-order valence-corrected chi connectivity index (χ3v) is 4.09. The second kappa shape index (κ2) is 6.88. The lowest BCUT2D eigenvalue weighted by atomic mass is 10.2. The van der Waals surface area contributed by atoms with Gasteiger partial charge in [0, 0.05) is 6.54 Å². The summed E-state index contributed by atoms with van der Waals surface area (Å²) in [5.74, 6) is 2.15. The van der Waals surface area contributed by atoms with Gasteiger partial charge in [0.2, 0.25) is 5.82 Å². The number of benzene rings is 1. The molecule has 0 bridgehead atoms. The molecule has 1 aliphatic heterocycles. The molecule has 2 aromatic rings. The third-order valence-electron chi connectivity index (χ3n) is 4.09. The Bertz CT molecular complexity index is 731. The SMILES string of the molecule is CCN(Cc1ncc([N+](=O)[O-])n1C)C[C@@H]1COc2ccccc2O1. The lowest BCUT2D eigenvalue weighted by molar-refractivity contribution is -0.391. The van der Waals surface area contributed by atoms with Gasteiger partial charge >= 0.3 is 5.82 Å². The molecular formula is C16H20N4O4. The first kappa shape index (κ1) is 16.3. The summed E-state index contributed by atoms with van der Waals surface area (Å²) in [7, 11) is 1.66. The maximum Gasteiger partial charge on any atom is 0.342 e. The van der Waals surface area contributed by atoms with Crippen LogP contribution in [-0.4, -0.2) is 45.2 Å². The Balaban J connectivity index is 1.65. The van der Waals surface area contributed by atoms with Crippen molar-refractivity contribution >= 4 is 5.82 Å². The monoisotopic (exact) mass is 332 g/mol. The highest BCUT2D eigenvalue weighted by Gasteiger charge is 2.25. The maximum atomic E-state index is 10.9. The summed E-state index contributed by atoms with van der Waals surface area (Å²) in [6.45, 7) is 4.47. The van der Waals surface area contributed by atoms with E-state index < -0.39 is 4.92 Å². The molecule has 1 aromatic carbocycles. The van der Waals surface area contributed by atoms with Crippen molar-refractivity contribution in [2.24, 2.45) is 7.05 Å². The first-order valence-corrected chi connectivity index (χ1v) is 7.84. The Hall–Kier alpha value is -2.61. The van der Waals surface area contributed by atoms with Crippen LogP contribution in [0.1, 0.15) is 12.7 Å². The fraction of sp³-hybridized carbons (Fsp3) is 0.438. The van der Waals surface area contributed by atoms with Gasteiger partial charge < -0.3 is 19.6 Å². The molecule has 0 saturated heterocycles. The van der Waals surface area contributed by atoms with Crippen LogP contribution < -0.4 is 9.47 Å². The van der Waals surface area contributed by atoms with Crippen molar-refractivity contribution in [1.29, 1.82) is 0 Å². The molecule has 24 heavy (non-hydrogen) atoms. The van der Waals surface area contributed by atoms with Gasteiger partial charge in [-0.1, -0.05) is 19.1 Å². The van der Waals surface area contributed by atoms with Crippen molar-refractivity contribution in [3.63, 3.8) is 0 Å². The van der Waals surface area contributed by atoms with E-state index >= 15 is 0 Å². The molecule has 0 radical (unpaired) electrons. The molecule has 0 amide bonds. The van der Waals surface area contributed by atoms with Gasteiger partial charge in [0.1, 0.15) is 18.9 Å². The Kier molecular flexibility index (Phi) is 4.66. The first-order chi connectivity index (χ1) is 11.6. The van der Waals surface area contributed by atoms with Gasteiger partial charge in [-0.05, 0) is 23.6 Å². The Labute approximate surface area is 139 Å². The van der Waals surface area contributed by atoms with E-state index in [9.17, 15) is 10.1 Å². The van der Waals surface area contributed by atoms with E-state index in [1.165, 1.54) is 10.8 Å². The van der Waals surface area contributed by atoms with Crippen molar-refractivity contribution in [1.82, 2.24) is 14.5 Å².